The summed E-state index contributed by atoms with van der Waals surface area (Å²) in [4.78, 5) is 11.5. The van der Waals surface area contributed by atoms with Crippen LogP contribution in [0.5, 0.6) is 0 Å². The number of aromatic nitrogens is 2. The summed E-state index contributed by atoms with van der Waals surface area (Å²) in [6, 6.07) is 13.5. The largest absolute Gasteiger partial charge is 0.416 e. The Labute approximate surface area is 159 Å². The van der Waals surface area contributed by atoms with Gasteiger partial charge in [-0.2, -0.15) is 23.5 Å². The van der Waals surface area contributed by atoms with Crippen molar-refractivity contribution in [3.63, 3.8) is 0 Å². The summed E-state index contributed by atoms with van der Waals surface area (Å²) in [6.07, 6.45) is -4.53. The lowest BCUT2D eigenvalue weighted by Gasteiger charge is -2.15. The van der Waals surface area contributed by atoms with Crippen LogP contribution in [-0.4, -0.2) is 15.7 Å². The van der Waals surface area contributed by atoms with Crippen LogP contribution in [0.4, 0.5) is 18.9 Å². The van der Waals surface area contributed by atoms with Crippen LogP contribution in [-0.2, 0) is 11.0 Å². The van der Waals surface area contributed by atoms with E-state index in [4.69, 9.17) is 5.26 Å². The number of anilines is 1. The fourth-order valence-corrected chi connectivity index (χ4v) is 2.75. The molecule has 1 aromatic heterocycles. The molecule has 1 amide bonds. The van der Waals surface area contributed by atoms with E-state index in [0.29, 0.717) is 22.5 Å². The Morgan fingerprint density at radius 1 is 1.14 bits per heavy atom. The molecule has 0 atom stereocenters. The maximum atomic E-state index is 13.2. The number of nitrogens with one attached hydrogen (secondary N) is 1. The van der Waals surface area contributed by atoms with Gasteiger partial charge < -0.3 is 5.32 Å². The number of nitriles is 1. The molecule has 0 spiro atoms. The summed E-state index contributed by atoms with van der Waals surface area (Å²) >= 11 is 0. The molecule has 1 heterocycles. The Morgan fingerprint density at radius 3 is 2.39 bits per heavy atom. The van der Waals surface area contributed by atoms with E-state index in [1.54, 1.807) is 37.3 Å². The lowest BCUT2D eigenvalue weighted by Crippen LogP contribution is -2.13. The van der Waals surface area contributed by atoms with E-state index in [1.165, 1.54) is 17.7 Å². The lowest BCUT2D eigenvalue weighted by molar-refractivity contribution is -0.137. The van der Waals surface area contributed by atoms with Gasteiger partial charge in [-0.05, 0) is 43.3 Å². The van der Waals surface area contributed by atoms with Crippen molar-refractivity contribution in [3.05, 3.63) is 65.4 Å². The van der Waals surface area contributed by atoms with E-state index in [9.17, 15) is 18.0 Å². The molecule has 0 aliphatic rings. The molecular weight excluding hydrogens is 369 g/mol. The smallest absolute Gasteiger partial charge is 0.324 e. The number of aryl methyl sites for hydroxylation is 1. The van der Waals surface area contributed by atoms with Crippen molar-refractivity contribution in [3.8, 4) is 23.0 Å². The van der Waals surface area contributed by atoms with Gasteiger partial charge in [-0.1, -0.05) is 12.1 Å². The molecule has 0 radical (unpaired) electrons. The van der Waals surface area contributed by atoms with Gasteiger partial charge in [0.15, 0.2) is 0 Å². The van der Waals surface area contributed by atoms with Gasteiger partial charge in [0.25, 0.3) is 0 Å². The van der Waals surface area contributed by atoms with Gasteiger partial charge in [-0.3, -0.25) is 4.79 Å². The van der Waals surface area contributed by atoms with E-state index in [0.717, 1.165) is 12.1 Å². The molecule has 8 heteroatoms. The van der Waals surface area contributed by atoms with Crippen molar-refractivity contribution in [1.82, 2.24) is 9.78 Å². The van der Waals surface area contributed by atoms with E-state index >= 15 is 0 Å². The third kappa shape index (κ3) is 3.88. The predicted octanol–water partition coefficient (Wildman–Crippen LogP) is 4.70. The Hall–Kier alpha value is -3.60. The third-order valence-corrected chi connectivity index (χ3v) is 4.06. The number of benzene rings is 2. The van der Waals surface area contributed by atoms with Crippen molar-refractivity contribution in [2.75, 3.05) is 5.32 Å². The zero-order valence-corrected chi connectivity index (χ0v) is 15.0. The summed E-state index contributed by atoms with van der Waals surface area (Å²) < 4.78 is 40.9. The molecule has 3 rings (SSSR count). The number of rotatable bonds is 3. The second-order valence-electron chi connectivity index (χ2n) is 6.18. The first-order chi connectivity index (χ1) is 13.2. The fourth-order valence-electron chi connectivity index (χ4n) is 2.75. The topological polar surface area (TPSA) is 70.7 Å². The number of carbonyl (C=O) groups is 1. The molecule has 28 heavy (non-hydrogen) atoms. The van der Waals surface area contributed by atoms with Crippen molar-refractivity contribution >= 4 is 11.6 Å². The number of alkyl halides is 3. The maximum absolute atomic E-state index is 13.2. The first kappa shape index (κ1) is 19.2. The van der Waals surface area contributed by atoms with Gasteiger partial charge in [0, 0.05) is 18.2 Å². The second kappa shape index (κ2) is 7.19. The molecule has 5 nitrogen and oxygen atoms in total. The fraction of sp³-hybridized carbons (Fsp3) is 0.150. The van der Waals surface area contributed by atoms with E-state index in [1.807, 2.05) is 6.07 Å². The monoisotopic (exact) mass is 384 g/mol. The van der Waals surface area contributed by atoms with Crippen molar-refractivity contribution in [1.29, 1.82) is 5.26 Å². The minimum Gasteiger partial charge on any atom is -0.324 e. The molecular formula is C20H15F3N4O. The summed E-state index contributed by atoms with van der Waals surface area (Å²) in [6.45, 7) is 2.98. The highest BCUT2D eigenvalue weighted by Gasteiger charge is 2.31. The molecule has 0 fully saturated rings. The van der Waals surface area contributed by atoms with Gasteiger partial charge in [0.1, 0.15) is 0 Å². The van der Waals surface area contributed by atoms with Crippen LogP contribution in [0, 0.1) is 18.3 Å². The van der Waals surface area contributed by atoms with Crippen molar-refractivity contribution < 1.29 is 18.0 Å². The first-order valence-electron chi connectivity index (χ1n) is 8.25. The zero-order chi connectivity index (χ0) is 20.5. The number of hydrogen-bond acceptors (Lipinski definition) is 3. The highest BCUT2D eigenvalue weighted by molar-refractivity contribution is 5.91. The molecule has 0 aliphatic heterocycles. The average molecular weight is 384 g/mol. The van der Waals surface area contributed by atoms with Crippen molar-refractivity contribution in [2.24, 2.45) is 0 Å². The van der Waals surface area contributed by atoms with Crippen LogP contribution in [0.25, 0.3) is 16.9 Å². The number of halogens is 3. The third-order valence-electron chi connectivity index (χ3n) is 4.06. The predicted molar refractivity (Wildman–Crippen MR) is 97.8 cm³/mol. The zero-order valence-electron chi connectivity index (χ0n) is 15.0. The summed E-state index contributed by atoms with van der Waals surface area (Å²) in [5.41, 5.74) is 1.82. The standard InChI is InChI=1S/C20H15F3N4O/c1-12-9-18(15-5-3-14(11-24)4-6-15)26-27(12)19-10-16(20(21,22)23)7-8-17(19)25-13(2)28/h3-10H,1-2H3,(H,25,28). The van der Waals surface area contributed by atoms with Gasteiger partial charge in [0.05, 0.1) is 34.3 Å². The number of carbonyl (C=O) groups excluding carboxylic acids is 1. The first-order valence-corrected chi connectivity index (χ1v) is 8.25. The normalized spacial score (nSPS) is 11.1. The molecule has 142 valence electrons. The van der Waals surface area contributed by atoms with Crippen LogP contribution in [0.1, 0.15) is 23.7 Å². The molecule has 0 saturated heterocycles. The SMILES string of the molecule is CC(=O)Nc1ccc(C(F)(F)F)cc1-n1nc(-c2ccc(C#N)cc2)cc1C. The van der Waals surface area contributed by atoms with Gasteiger partial charge in [0.2, 0.25) is 5.91 Å². The Kier molecular flexibility index (Phi) is 4.92. The van der Waals surface area contributed by atoms with E-state index in [-0.39, 0.29) is 11.4 Å². The minimum atomic E-state index is -4.53. The van der Waals surface area contributed by atoms with Crippen LogP contribution < -0.4 is 5.32 Å². The molecule has 1 N–H and O–H groups in total. The van der Waals surface area contributed by atoms with E-state index in [2.05, 4.69) is 10.4 Å². The Morgan fingerprint density at radius 2 is 1.82 bits per heavy atom. The highest BCUT2D eigenvalue weighted by atomic mass is 19.4. The molecule has 0 unspecified atom stereocenters. The minimum absolute atomic E-state index is 0.113. The maximum Gasteiger partial charge on any atom is 0.416 e. The van der Waals surface area contributed by atoms with Crippen LogP contribution in [0.2, 0.25) is 0 Å². The molecule has 0 bridgehead atoms. The number of hydrogen-bond donors (Lipinski definition) is 1. The molecule has 3 aromatic rings. The Balaban J connectivity index is 2.12. The van der Waals surface area contributed by atoms with Crippen LogP contribution in [0.15, 0.2) is 48.5 Å². The summed E-state index contributed by atoms with van der Waals surface area (Å²) in [5, 5.41) is 15.8. The average Bonchev–Trinajstić information content (AvgIpc) is 3.02. The molecule has 0 aliphatic carbocycles. The second-order valence-corrected chi connectivity index (χ2v) is 6.18. The molecule has 2 aromatic carbocycles. The number of amides is 1. The van der Waals surface area contributed by atoms with Gasteiger partial charge in [-0.25, -0.2) is 4.68 Å². The summed E-state index contributed by atoms with van der Waals surface area (Å²) in [5.74, 6) is -0.405. The van der Waals surface area contributed by atoms with Gasteiger partial charge >= 0.3 is 6.18 Å². The molecule has 0 saturated carbocycles. The van der Waals surface area contributed by atoms with Gasteiger partial charge in [-0.15, -0.1) is 0 Å². The van der Waals surface area contributed by atoms with Crippen molar-refractivity contribution in [2.45, 2.75) is 20.0 Å². The van der Waals surface area contributed by atoms with E-state index < -0.39 is 17.6 Å². The number of nitrogens with zero attached hydrogens (tertiary/aromatic N) is 3. The quantitative estimate of drug-likeness (QED) is 0.712. The highest BCUT2D eigenvalue weighted by Crippen LogP contribution is 2.34. The Bertz CT molecular complexity index is 1080. The van der Waals surface area contributed by atoms with Crippen LogP contribution >= 0.6 is 0 Å². The lowest BCUT2D eigenvalue weighted by atomic mass is 10.1. The summed E-state index contributed by atoms with van der Waals surface area (Å²) in [7, 11) is 0. The van der Waals surface area contributed by atoms with Crippen LogP contribution in [0.3, 0.4) is 0 Å².